The second-order valence-corrected chi connectivity index (χ2v) is 6.19. The van der Waals surface area contributed by atoms with Crippen LogP contribution in [0.4, 0.5) is 0 Å². The van der Waals surface area contributed by atoms with Crippen LogP contribution in [0, 0.1) is 0 Å². The molecule has 1 fully saturated rings. The lowest BCUT2D eigenvalue weighted by Gasteiger charge is -2.34. The quantitative estimate of drug-likeness (QED) is 0.780. The van der Waals surface area contributed by atoms with Crippen molar-refractivity contribution in [3.63, 3.8) is 0 Å². The van der Waals surface area contributed by atoms with E-state index in [2.05, 4.69) is 22.3 Å². The van der Waals surface area contributed by atoms with E-state index in [1.54, 1.807) is 11.8 Å². The lowest BCUT2D eigenvalue weighted by atomic mass is 10.3. The van der Waals surface area contributed by atoms with Crippen LogP contribution in [0.2, 0.25) is 0 Å². The molecule has 18 heavy (non-hydrogen) atoms. The number of carbonyl (C=O) groups excluding carboxylic acids is 1. The summed E-state index contributed by atoms with van der Waals surface area (Å²) in [6.07, 6.45) is 1.09. The van der Waals surface area contributed by atoms with Gasteiger partial charge in [0.1, 0.15) is 0 Å². The van der Waals surface area contributed by atoms with Crippen LogP contribution in [0.1, 0.15) is 13.3 Å². The van der Waals surface area contributed by atoms with Crippen molar-refractivity contribution >= 4 is 22.8 Å². The van der Waals surface area contributed by atoms with Gasteiger partial charge in [-0.2, -0.15) is 0 Å². The monoisotopic (exact) mass is 270 g/mol. The molecule has 0 radical (unpaired) electrons. The van der Waals surface area contributed by atoms with Crippen LogP contribution in [0.3, 0.4) is 0 Å². The molecule has 6 heteroatoms. The number of thioether (sulfide) groups is 1. The Morgan fingerprint density at radius 3 is 2.72 bits per heavy atom. The summed E-state index contributed by atoms with van der Waals surface area (Å²) in [5, 5.41) is 4.13. The largest absolute Gasteiger partial charge is 0.365 e. The van der Waals surface area contributed by atoms with Gasteiger partial charge in [0.15, 0.2) is 5.17 Å². The summed E-state index contributed by atoms with van der Waals surface area (Å²) >= 11 is 1.56. The van der Waals surface area contributed by atoms with Gasteiger partial charge >= 0.3 is 0 Å². The smallest absolute Gasteiger partial charge is 0.235 e. The van der Waals surface area contributed by atoms with Gasteiger partial charge in [0.05, 0.1) is 5.25 Å². The van der Waals surface area contributed by atoms with Crippen molar-refractivity contribution in [2.24, 2.45) is 4.99 Å². The maximum atomic E-state index is 12.3. The van der Waals surface area contributed by atoms with Gasteiger partial charge in [-0.3, -0.25) is 9.79 Å². The molecule has 1 atom stereocenters. The topological polar surface area (TPSA) is 47.9 Å². The zero-order valence-corrected chi connectivity index (χ0v) is 12.0. The summed E-state index contributed by atoms with van der Waals surface area (Å²) in [6.45, 7) is 7.47. The minimum atomic E-state index is -0.0437. The Balaban J connectivity index is 1.82. The Hall–Kier alpha value is -0.750. The standard InChI is InChI=1S/C12H22N4OS/c1-10(18-12-13-4-3-5-14-12)11(17)16-8-6-15(2)7-9-16/h10H,3-9H2,1-2H3,(H,13,14). The summed E-state index contributed by atoms with van der Waals surface area (Å²) in [5.41, 5.74) is 0. The van der Waals surface area contributed by atoms with Crippen molar-refractivity contribution in [1.29, 1.82) is 0 Å². The van der Waals surface area contributed by atoms with Crippen LogP contribution in [0.25, 0.3) is 0 Å². The lowest BCUT2D eigenvalue weighted by Crippen LogP contribution is -2.49. The molecule has 1 saturated heterocycles. The first-order valence-corrected chi connectivity index (χ1v) is 7.47. The van der Waals surface area contributed by atoms with Crippen LogP contribution in [-0.4, -0.2) is 72.4 Å². The molecule has 0 aromatic carbocycles. The molecule has 0 bridgehead atoms. The van der Waals surface area contributed by atoms with Gasteiger partial charge in [-0.25, -0.2) is 0 Å². The Bertz CT molecular complexity index is 326. The van der Waals surface area contributed by atoms with Crippen molar-refractivity contribution in [1.82, 2.24) is 15.1 Å². The van der Waals surface area contributed by atoms with Gasteiger partial charge in [-0.05, 0) is 20.4 Å². The van der Waals surface area contributed by atoms with Gasteiger partial charge in [-0.1, -0.05) is 11.8 Å². The molecule has 0 aromatic rings. The SMILES string of the molecule is CC(SC1=NCCCN1)C(=O)N1CCN(C)CC1. The Kier molecular flexibility index (Phi) is 4.88. The van der Waals surface area contributed by atoms with E-state index in [0.717, 1.165) is 50.9 Å². The maximum absolute atomic E-state index is 12.3. The fourth-order valence-corrected chi connectivity index (χ4v) is 3.03. The second-order valence-electron chi connectivity index (χ2n) is 4.86. The van der Waals surface area contributed by atoms with Crippen LogP contribution in [0.15, 0.2) is 4.99 Å². The second kappa shape index (κ2) is 6.43. The first kappa shape index (κ1) is 13.7. The summed E-state index contributed by atoms with van der Waals surface area (Å²) in [5.74, 6) is 0.239. The van der Waals surface area contributed by atoms with Crippen LogP contribution < -0.4 is 5.32 Å². The number of hydrogen-bond donors (Lipinski definition) is 1. The molecule has 2 aliphatic heterocycles. The number of nitrogens with zero attached hydrogens (tertiary/aromatic N) is 3. The molecule has 0 aliphatic carbocycles. The molecule has 1 N–H and O–H groups in total. The molecule has 102 valence electrons. The molecule has 2 rings (SSSR count). The van der Waals surface area contributed by atoms with E-state index in [4.69, 9.17) is 0 Å². The summed E-state index contributed by atoms with van der Waals surface area (Å²) in [6, 6.07) is 0. The first-order valence-electron chi connectivity index (χ1n) is 6.59. The van der Waals surface area contributed by atoms with Crippen LogP contribution >= 0.6 is 11.8 Å². The normalized spacial score (nSPS) is 23.2. The fraction of sp³-hybridized carbons (Fsp3) is 0.833. The average molecular weight is 270 g/mol. The molecule has 2 aliphatic rings. The highest BCUT2D eigenvalue weighted by molar-refractivity contribution is 8.14. The number of nitrogens with one attached hydrogen (secondary N) is 1. The number of carbonyl (C=O) groups is 1. The third-order valence-corrected chi connectivity index (χ3v) is 4.37. The van der Waals surface area contributed by atoms with Gasteiger partial charge in [-0.15, -0.1) is 0 Å². The highest BCUT2D eigenvalue weighted by atomic mass is 32.2. The fourth-order valence-electron chi connectivity index (χ4n) is 2.09. The third kappa shape index (κ3) is 3.62. The highest BCUT2D eigenvalue weighted by Gasteiger charge is 2.25. The van der Waals surface area contributed by atoms with Crippen molar-refractivity contribution in [3.05, 3.63) is 0 Å². The molecular weight excluding hydrogens is 248 g/mol. The molecule has 1 unspecified atom stereocenters. The Morgan fingerprint density at radius 2 is 2.11 bits per heavy atom. The summed E-state index contributed by atoms with van der Waals surface area (Å²) in [7, 11) is 2.10. The van der Waals surface area contributed by atoms with E-state index in [9.17, 15) is 4.79 Å². The predicted octanol–water partition coefficient (Wildman–Crippen LogP) is 0.231. The van der Waals surface area contributed by atoms with Crippen LogP contribution in [0.5, 0.6) is 0 Å². The van der Waals surface area contributed by atoms with E-state index < -0.39 is 0 Å². The first-order chi connectivity index (χ1) is 8.66. The minimum absolute atomic E-state index is 0.0437. The van der Waals surface area contributed by atoms with Gasteiger partial charge < -0.3 is 15.1 Å². The zero-order chi connectivity index (χ0) is 13.0. The average Bonchev–Trinajstić information content (AvgIpc) is 2.40. The minimum Gasteiger partial charge on any atom is -0.365 e. The predicted molar refractivity (Wildman–Crippen MR) is 76.1 cm³/mol. The molecule has 2 heterocycles. The van der Waals surface area contributed by atoms with E-state index in [0.29, 0.717) is 0 Å². The maximum Gasteiger partial charge on any atom is 0.235 e. The van der Waals surface area contributed by atoms with Crippen molar-refractivity contribution in [2.45, 2.75) is 18.6 Å². The van der Waals surface area contributed by atoms with E-state index in [1.165, 1.54) is 0 Å². The number of rotatable bonds is 2. The molecular formula is C12H22N4OS. The Labute approximate surface area is 113 Å². The zero-order valence-electron chi connectivity index (χ0n) is 11.2. The molecule has 5 nitrogen and oxygen atoms in total. The number of piperazine rings is 1. The van der Waals surface area contributed by atoms with Crippen molar-refractivity contribution < 1.29 is 4.79 Å². The van der Waals surface area contributed by atoms with Gasteiger partial charge in [0.25, 0.3) is 0 Å². The van der Waals surface area contributed by atoms with E-state index >= 15 is 0 Å². The Morgan fingerprint density at radius 1 is 1.39 bits per heavy atom. The summed E-state index contributed by atoms with van der Waals surface area (Å²) in [4.78, 5) is 20.9. The van der Waals surface area contributed by atoms with E-state index in [1.807, 2.05) is 11.8 Å². The number of amides is 1. The van der Waals surface area contributed by atoms with Crippen molar-refractivity contribution in [2.75, 3.05) is 46.3 Å². The van der Waals surface area contributed by atoms with Gasteiger partial charge in [0.2, 0.25) is 5.91 Å². The molecule has 0 saturated carbocycles. The summed E-state index contributed by atoms with van der Waals surface area (Å²) < 4.78 is 0. The number of likely N-dealkylation sites (N-methyl/N-ethyl adjacent to an activating group) is 1. The lowest BCUT2D eigenvalue weighted by molar-refractivity contribution is -0.131. The van der Waals surface area contributed by atoms with Gasteiger partial charge in [0, 0.05) is 39.3 Å². The molecule has 0 spiro atoms. The van der Waals surface area contributed by atoms with Crippen molar-refractivity contribution in [3.8, 4) is 0 Å². The van der Waals surface area contributed by atoms with E-state index in [-0.39, 0.29) is 11.2 Å². The van der Waals surface area contributed by atoms with Crippen LogP contribution in [-0.2, 0) is 4.79 Å². The number of amidine groups is 1. The molecule has 0 aromatic heterocycles. The number of aliphatic imine (C=N–C) groups is 1. The molecule has 1 amide bonds. The number of hydrogen-bond acceptors (Lipinski definition) is 5. The third-order valence-electron chi connectivity index (χ3n) is 3.32. The highest BCUT2D eigenvalue weighted by Crippen LogP contribution is 2.16.